The number of rotatable bonds is 4. The topological polar surface area (TPSA) is 88.9 Å². The van der Waals surface area contributed by atoms with Crippen LogP contribution in [0.1, 0.15) is 19.3 Å². The summed E-state index contributed by atoms with van der Waals surface area (Å²) in [6.45, 7) is 5.92. The average molecular weight is 374 g/mol. The number of ether oxygens (including phenoxy) is 2. The lowest BCUT2D eigenvalue weighted by atomic mass is 10.2. The number of benzene rings is 1. The molecule has 0 radical (unpaired) electrons. The summed E-state index contributed by atoms with van der Waals surface area (Å²) >= 11 is 0. The van der Waals surface area contributed by atoms with Gasteiger partial charge in [-0.05, 0) is 31.2 Å². The summed E-state index contributed by atoms with van der Waals surface area (Å²) in [4.78, 5) is 15.7. The minimum absolute atomic E-state index is 0.250. The van der Waals surface area contributed by atoms with Crippen molar-refractivity contribution in [3.05, 3.63) is 12.1 Å². The Morgan fingerprint density at radius 1 is 1.22 bits per heavy atom. The molecule has 0 amide bonds. The zero-order valence-corrected chi connectivity index (χ0v) is 15.4. The zero-order chi connectivity index (χ0) is 18.6. The van der Waals surface area contributed by atoms with Crippen molar-refractivity contribution in [1.82, 2.24) is 9.55 Å². The first kappa shape index (κ1) is 17.9. The molecular weight excluding hydrogens is 348 g/mol. The molecule has 8 nitrogen and oxygen atoms in total. The maximum absolute atomic E-state index is 8.36. The second-order valence-electron chi connectivity index (χ2n) is 7.14. The molecule has 1 aromatic carbocycles. The fourth-order valence-corrected chi connectivity index (χ4v) is 3.64. The minimum Gasteiger partial charge on any atom is -0.491 e. The maximum Gasteiger partial charge on any atom is 0.290 e. The minimum atomic E-state index is -0.250. The predicted octanol–water partition coefficient (Wildman–Crippen LogP) is 2.18. The van der Waals surface area contributed by atoms with Gasteiger partial charge in [0.1, 0.15) is 11.3 Å². The lowest BCUT2D eigenvalue weighted by Crippen LogP contribution is -2.38. The molecule has 1 aliphatic carbocycles. The molecule has 0 unspecified atom stereocenters. The van der Waals surface area contributed by atoms with Gasteiger partial charge in [0.15, 0.2) is 0 Å². The normalized spacial score (nSPS) is 18.9. The van der Waals surface area contributed by atoms with E-state index in [1.165, 1.54) is 12.8 Å². The average Bonchev–Trinajstić information content (AvgIpc) is 3.47. The van der Waals surface area contributed by atoms with Crippen molar-refractivity contribution < 1.29 is 19.4 Å². The van der Waals surface area contributed by atoms with E-state index in [-0.39, 0.29) is 6.47 Å². The van der Waals surface area contributed by atoms with Gasteiger partial charge in [0.25, 0.3) is 6.47 Å². The molecule has 2 N–H and O–H groups in total. The first-order valence-electron chi connectivity index (χ1n) is 9.61. The molecule has 146 valence electrons. The van der Waals surface area contributed by atoms with E-state index in [2.05, 4.69) is 26.9 Å². The van der Waals surface area contributed by atoms with Crippen LogP contribution >= 0.6 is 0 Å². The molecule has 2 aliphatic heterocycles. The van der Waals surface area contributed by atoms with Crippen LogP contribution in [-0.4, -0.2) is 60.6 Å². The van der Waals surface area contributed by atoms with Gasteiger partial charge in [0, 0.05) is 37.9 Å². The van der Waals surface area contributed by atoms with Crippen LogP contribution in [0.4, 0.5) is 11.6 Å². The third kappa shape index (κ3) is 3.95. The molecule has 0 spiro atoms. The van der Waals surface area contributed by atoms with Gasteiger partial charge < -0.3 is 29.4 Å². The Labute approximate surface area is 158 Å². The number of carboxylic acid groups (broad SMARTS) is 1. The molecule has 3 aliphatic rings. The number of aromatic nitrogens is 2. The molecule has 8 heteroatoms. The van der Waals surface area contributed by atoms with Crippen LogP contribution in [0, 0.1) is 5.92 Å². The molecule has 2 aromatic rings. The van der Waals surface area contributed by atoms with Crippen LogP contribution in [0.15, 0.2) is 12.1 Å². The molecule has 27 heavy (non-hydrogen) atoms. The van der Waals surface area contributed by atoms with Gasteiger partial charge in [0.05, 0.1) is 25.3 Å². The smallest absolute Gasteiger partial charge is 0.290 e. The highest BCUT2D eigenvalue weighted by molar-refractivity contribution is 5.88. The van der Waals surface area contributed by atoms with Gasteiger partial charge in [-0.25, -0.2) is 4.98 Å². The second-order valence-corrected chi connectivity index (χ2v) is 7.14. The maximum atomic E-state index is 8.36. The zero-order valence-electron chi connectivity index (χ0n) is 15.4. The third-order valence-electron chi connectivity index (χ3n) is 5.16. The molecule has 2 fully saturated rings. The molecular formula is C19H26N4O4. The first-order chi connectivity index (χ1) is 13.3. The molecule has 1 saturated carbocycles. The monoisotopic (exact) mass is 374 g/mol. The highest BCUT2D eigenvalue weighted by Crippen LogP contribution is 2.36. The number of aryl methyl sites for hydroxylation is 1. The van der Waals surface area contributed by atoms with Crippen molar-refractivity contribution in [3.8, 4) is 5.75 Å². The summed E-state index contributed by atoms with van der Waals surface area (Å²) in [5, 5.41) is 10.5. The van der Waals surface area contributed by atoms with Crippen LogP contribution in [0.25, 0.3) is 11.0 Å². The Kier molecular flexibility index (Phi) is 5.33. The van der Waals surface area contributed by atoms with Gasteiger partial charge in [-0.2, -0.15) is 0 Å². The molecule has 3 heterocycles. The van der Waals surface area contributed by atoms with Crippen LogP contribution in [0.5, 0.6) is 5.75 Å². The van der Waals surface area contributed by atoms with Crippen molar-refractivity contribution in [2.45, 2.75) is 25.8 Å². The van der Waals surface area contributed by atoms with E-state index >= 15 is 0 Å². The summed E-state index contributed by atoms with van der Waals surface area (Å²) in [7, 11) is 0. The van der Waals surface area contributed by atoms with Crippen molar-refractivity contribution in [1.29, 1.82) is 0 Å². The van der Waals surface area contributed by atoms with Gasteiger partial charge in [0.2, 0.25) is 5.95 Å². The Balaban J connectivity index is 0.000000565. The number of carbonyl (C=O) groups is 1. The quantitative estimate of drug-likeness (QED) is 0.793. The van der Waals surface area contributed by atoms with Gasteiger partial charge in [-0.15, -0.1) is 0 Å². The number of anilines is 2. The Morgan fingerprint density at radius 2 is 2.00 bits per heavy atom. The molecule has 1 saturated heterocycles. The Bertz CT molecular complexity index is 797. The second kappa shape index (κ2) is 8.04. The predicted molar refractivity (Wildman–Crippen MR) is 103 cm³/mol. The number of nitrogens with zero attached hydrogens (tertiary/aromatic N) is 3. The fraction of sp³-hybridized carbons (Fsp3) is 0.579. The van der Waals surface area contributed by atoms with Crippen LogP contribution in [0.3, 0.4) is 0 Å². The van der Waals surface area contributed by atoms with Crippen molar-refractivity contribution in [2.75, 3.05) is 49.7 Å². The molecule has 0 atom stereocenters. The van der Waals surface area contributed by atoms with Crippen molar-refractivity contribution in [3.63, 3.8) is 0 Å². The summed E-state index contributed by atoms with van der Waals surface area (Å²) in [5.74, 6) is 2.89. The van der Waals surface area contributed by atoms with E-state index in [9.17, 15) is 0 Å². The molecule has 5 rings (SSSR count). The summed E-state index contributed by atoms with van der Waals surface area (Å²) in [5.41, 5.74) is 3.31. The first-order valence-corrected chi connectivity index (χ1v) is 9.61. The highest BCUT2D eigenvalue weighted by atomic mass is 16.5. The number of nitrogens with one attached hydrogen (secondary N) is 1. The summed E-state index contributed by atoms with van der Waals surface area (Å²) < 4.78 is 13.9. The number of hydrogen-bond acceptors (Lipinski definition) is 6. The van der Waals surface area contributed by atoms with Crippen molar-refractivity contribution >= 4 is 29.1 Å². The van der Waals surface area contributed by atoms with Crippen LogP contribution in [-0.2, 0) is 16.1 Å². The number of morpholine rings is 1. The molecule has 0 bridgehead atoms. The Hall–Kier alpha value is -2.48. The van der Waals surface area contributed by atoms with E-state index in [0.29, 0.717) is 0 Å². The highest BCUT2D eigenvalue weighted by Gasteiger charge is 2.24. The summed E-state index contributed by atoms with van der Waals surface area (Å²) in [6.07, 6.45) is 3.73. The van der Waals surface area contributed by atoms with Gasteiger partial charge >= 0.3 is 0 Å². The van der Waals surface area contributed by atoms with Gasteiger partial charge in [-0.1, -0.05) is 0 Å². The van der Waals surface area contributed by atoms with Crippen molar-refractivity contribution in [2.24, 2.45) is 5.92 Å². The van der Waals surface area contributed by atoms with E-state index < -0.39 is 0 Å². The summed E-state index contributed by atoms with van der Waals surface area (Å²) in [6, 6.07) is 4.33. The van der Waals surface area contributed by atoms with E-state index in [1.54, 1.807) is 0 Å². The standard InChI is InChI=1S/C18H24N4O2.CH2O2/c1-4-22-17-15(20-18(22)21-5-8-23-9-6-21)10-14(11-16(17)24-7-1)19-12-13-2-3-13;2-1-3/h10-11,13,19H,1-9,12H2;1H,(H,2,3). The number of hydrogen-bond donors (Lipinski definition) is 2. The van der Waals surface area contributed by atoms with Crippen LogP contribution < -0.4 is 15.0 Å². The SMILES string of the molecule is O=CO.c1c(NCC2CC2)cc2nc(N3CCOCC3)n3c2c1OCCC3. The van der Waals surface area contributed by atoms with E-state index in [0.717, 1.165) is 86.8 Å². The largest absolute Gasteiger partial charge is 0.491 e. The third-order valence-corrected chi connectivity index (χ3v) is 5.16. The lowest BCUT2D eigenvalue weighted by molar-refractivity contribution is -0.122. The van der Waals surface area contributed by atoms with E-state index in [4.69, 9.17) is 24.4 Å². The number of imidazole rings is 1. The van der Waals surface area contributed by atoms with Crippen LogP contribution in [0.2, 0.25) is 0 Å². The Morgan fingerprint density at radius 3 is 2.74 bits per heavy atom. The van der Waals surface area contributed by atoms with Gasteiger partial charge in [-0.3, -0.25) is 4.79 Å². The lowest BCUT2D eigenvalue weighted by Gasteiger charge is -2.28. The fourth-order valence-electron chi connectivity index (χ4n) is 3.64. The molecule has 1 aromatic heterocycles. The van der Waals surface area contributed by atoms with E-state index in [1.807, 2.05) is 0 Å².